The number of carbonyl (C=O) groups excluding carboxylic acids is 1. The van der Waals surface area contributed by atoms with Gasteiger partial charge in [-0.15, -0.1) is 15.8 Å². The molecule has 0 spiro atoms. The van der Waals surface area contributed by atoms with Gasteiger partial charge in [-0.25, -0.2) is 27.5 Å². The van der Waals surface area contributed by atoms with Gasteiger partial charge in [0.15, 0.2) is 5.69 Å². The molecule has 2 aliphatic rings. The molecule has 4 aromatic rings. The van der Waals surface area contributed by atoms with Crippen molar-refractivity contribution >= 4 is 51.3 Å². The Morgan fingerprint density at radius 3 is 2.40 bits per heavy atom. The Bertz CT molecular complexity index is 2010. The first-order chi connectivity index (χ1) is 23.9. The fraction of sp³-hybridized carbons (Fsp3) is 0.333. The Morgan fingerprint density at radius 2 is 1.76 bits per heavy atom. The molecule has 2 aromatic carbocycles. The number of thiophene rings is 1. The van der Waals surface area contributed by atoms with Crippen molar-refractivity contribution in [3.05, 3.63) is 91.9 Å². The van der Waals surface area contributed by atoms with E-state index in [1.54, 1.807) is 29.3 Å². The second-order valence-corrected chi connectivity index (χ2v) is 14.6. The molecule has 0 unspecified atom stereocenters. The summed E-state index contributed by atoms with van der Waals surface area (Å²) in [4.78, 5) is 15.0. The molecule has 0 bridgehead atoms. The average molecular weight is 770 g/mol. The Hall–Kier alpha value is -3.49. The number of aromatic nitrogens is 2. The van der Waals surface area contributed by atoms with Crippen molar-refractivity contribution in [1.82, 2.24) is 29.6 Å². The molecule has 0 radical (unpaired) electrons. The number of hydrogen-bond donors (Lipinski definition) is 2. The van der Waals surface area contributed by atoms with Crippen molar-refractivity contribution in [3.8, 4) is 28.1 Å². The van der Waals surface area contributed by atoms with Crippen LogP contribution in [0.4, 0.5) is 17.6 Å². The first kappa shape index (κ1) is 36.3. The van der Waals surface area contributed by atoms with E-state index < -0.39 is 34.7 Å². The van der Waals surface area contributed by atoms with Crippen LogP contribution >= 0.6 is 34.5 Å². The number of nitrogens with one attached hydrogen (secondary N) is 1. The minimum atomic E-state index is -4.47. The topological polar surface area (TPSA) is 90.8 Å². The van der Waals surface area contributed by atoms with Gasteiger partial charge in [0, 0.05) is 42.3 Å². The Labute approximate surface area is 301 Å². The molecule has 6 rings (SSSR count). The van der Waals surface area contributed by atoms with Gasteiger partial charge in [0.25, 0.3) is 5.91 Å². The molecule has 4 heterocycles. The number of nitrogens with zero attached hydrogens (tertiary/aromatic N) is 5. The van der Waals surface area contributed by atoms with Crippen LogP contribution in [-0.4, -0.2) is 70.9 Å². The zero-order valence-electron chi connectivity index (χ0n) is 26.2. The number of halogens is 6. The summed E-state index contributed by atoms with van der Waals surface area (Å²) in [5, 5.41) is 8.47. The summed E-state index contributed by atoms with van der Waals surface area (Å²) in [6.07, 6.45) is -2.72. The molecular formula is C33H30Cl2F4N6O3S2. The van der Waals surface area contributed by atoms with Crippen molar-refractivity contribution in [2.24, 2.45) is 0 Å². The van der Waals surface area contributed by atoms with Crippen LogP contribution in [0, 0.1) is 11.8 Å². The van der Waals surface area contributed by atoms with Gasteiger partial charge < -0.3 is 0 Å². The zero-order valence-corrected chi connectivity index (χ0v) is 29.4. The lowest BCUT2D eigenvalue weighted by Crippen LogP contribution is -2.45. The Morgan fingerprint density at radius 1 is 1.02 bits per heavy atom. The van der Waals surface area contributed by atoms with Crippen molar-refractivity contribution in [1.29, 1.82) is 0 Å². The lowest BCUT2D eigenvalue weighted by atomic mass is 10.1. The summed E-state index contributed by atoms with van der Waals surface area (Å²) in [7, 11) is -3.26. The SMILES string of the molecule is O=C(NN1CCCCC1)c1nn(-c2ccc(Cl)cc2Cl)c(-c2ccc(C#Cc3ccc(C(F)(F)F)cc3)s2)c1CN(N1CC[C@@H](F)C1)[SH](=O)=O. The summed E-state index contributed by atoms with van der Waals surface area (Å²) in [6.45, 7) is 0.962. The van der Waals surface area contributed by atoms with Gasteiger partial charge in [0.05, 0.1) is 38.3 Å². The molecule has 0 saturated carbocycles. The number of alkyl halides is 4. The molecule has 264 valence electrons. The standard InChI is InChI=1S/C33H30Cl2F4N6O3S2/c34-23-9-12-28(27(35)18-23)45-31(29-13-11-25(49-29)10-6-21-4-7-22(8-5-21)33(37,38)39)26(20-44(50(47)48)43-17-14-24(36)19-43)30(40-45)32(46)41-42-15-2-1-3-16-42/h4-5,7-9,11-13,18,24,50H,1-3,14-17,19-20H2,(H,41,46)/t24-/m1/s1. The first-order valence-electron chi connectivity index (χ1n) is 15.6. The fourth-order valence-corrected chi connectivity index (χ4v) is 7.82. The summed E-state index contributed by atoms with van der Waals surface area (Å²) in [5.74, 6) is 5.28. The number of amides is 1. The minimum Gasteiger partial charge on any atom is -0.283 e. The quantitative estimate of drug-likeness (QED) is 0.117. The van der Waals surface area contributed by atoms with Crippen molar-refractivity contribution in [3.63, 3.8) is 0 Å². The van der Waals surface area contributed by atoms with E-state index in [-0.39, 0.29) is 42.3 Å². The molecule has 2 saturated heterocycles. The van der Waals surface area contributed by atoms with Crippen LogP contribution in [0.1, 0.15) is 57.7 Å². The minimum absolute atomic E-state index is 0.0553. The van der Waals surface area contributed by atoms with Crippen LogP contribution in [0.2, 0.25) is 10.0 Å². The van der Waals surface area contributed by atoms with Crippen LogP contribution in [0.5, 0.6) is 0 Å². The molecule has 0 aliphatic carbocycles. The van der Waals surface area contributed by atoms with Gasteiger partial charge in [-0.3, -0.25) is 10.2 Å². The number of benzene rings is 2. The van der Waals surface area contributed by atoms with Crippen LogP contribution < -0.4 is 5.43 Å². The molecule has 2 fully saturated rings. The second kappa shape index (κ2) is 15.4. The molecule has 1 amide bonds. The number of rotatable bonds is 8. The molecule has 2 aliphatic heterocycles. The van der Waals surface area contributed by atoms with E-state index >= 15 is 0 Å². The number of hydrogen-bond acceptors (Lipinski definition) is 7. The van der Waals surface area contributed by atoms with Gasteiger partial charge in [-0.1, -0.05) is 41.5 Å². The zero-order chi connectivity index (χ0) is 35.6. The maximum Gasteiger partial charge on any atom is 0.416 e. The largest absolute Gasteiger partial charge is 0.416 e. The van der Waals surface area contributed by atoms with Crippen LogP contribution in [0.25, 0.3) is 16.3 Å². The third kappa shape index (κ3) is 8.34. The third-order valence-electron chi connectivity index (χ3n) is 8.26. The van der Waals surface area contributed by atoms with Gasteiger partial charge >= 0.3 is 6.18 Å². The van der Waals surface area contributed by atoms with Crippen molar-refractivity contribution < 1.29 is 30.8 Å². The predicted octanol–water partition coefficient (Wildman–Crippen LogP) is 6.74. The van der Waals surface area contributed by atoms with E-state index in [4.69, 9.17) is 28.3 Å². The van der Waals surface area contributed by atoms with E-state index in [9.17, 15) is 30.8 Å². The second-order valence-electron chi connectivity index (χ2n) is 11.7. The molecule has 17 heteroatoms. The van der Waals surface area contributed by atoms with E-state index in [0.29, 0.717) is 44.8 Å². The monoisotopic (exact) mass is 768 g/mol. The summed E-state index contributed by atoms with van der Waals surface area (Å²) in [6, 6.07) is 12.6. The lowest BCUT2D eigenvalue weighted by Gasteiger charge is -2.27. The number of thiol groups is 1. The van der Waals surface area contributed by atoms with Crippen molar-refractivity contribution in [2.45, 2.75) is 44.6 Å². The maximum atomic E-state index is 14.3. The van der Waals surface area contributed by atoms with E-state index in [1.165, 1.54) is 39.2 Å². The fourth-order valence-electron chi connectivity index (χ4n) is 5.79. The molecule has 2 aromatic heterocycles. The summed E-state index contributed by atoms with van der Waals surface area (Å²) < 4.78 is 81.2. The average Bonchev–Trinajstić information content (AvgIpc) is 3.81. The number of carbonyl (C=O) groups is 1. The Kier molecular flexibility index (Phi) is 11.2. The molecular weight excluding hydrogens is 739 g/mol. The third-order valence-corrected chi connectivity index (χ3v) is 10.6. The van der Waals surface area contributed by atoms with Crippen molar-refractivity contribution in [2.75, 3.05) is 26.2 Å². The highest BCUT2D eigenvalue weighted by Gasteiger charge is 2.34. The van der Waals surface area contributed by atoms with Crippen LogP contribution in [0.3, 0.4) is 0 Å². The maximum absolute atomic E-state index is 14.3. The van der Waals surface area contributed by atoms with Gasteiger partial charge in [-0.2, -0.15) is 18.3 Å². The van der Waals surface area contributed by atoms with E-state index in [0.717, 1.165) is 35.8 Å². The highest BCUT2D eigenvalue weighted by Crippen LogP contribution is 2.38. The lowest BCUT2D eigenvalue weighted by molar-refractivity contribution is -0.137. The van der Waals surface area contributed by atoms with Gasteiger partial charge in [-0.05, 0) is 73.9 Å². The van der Waals surface area contributed by atoms with E-state index in [1.807, 2.05) is 0 Å². The predicted molar refractivity (Wildman–Crippen MR) is 184 cm³/mol. The van der Waals surface area contributed by atoms with Gasteiger partial charge in [0.1, 0.15) is 6.17 Å². The van der Waals surface area contributed by atoms with E-state index in [2.05, 4.69) is 17.3 Å². The normalized spacial score (nSPS) is 17.3. The molecule has 1 N–H and O–H groups in total. The number of piperidine rings is 1. The summed E-state index contributed by atoms with van der Waals surface area (Å²) in [5.41, 5.74) is 3.40. The van der Waals surface area contributed by atoms with Crippen LogP contribution in [-0.2, 0) is 23.6 Å². The highest BCUT2D eigenvalue weighted by atomic mass is 35.5. The summed E-state index contributed by atoms with van der Waals surface area (Å²) >= 11 is 14.1. The smallest absolute Gasteiger partial charge is 0.283 e. The first-order valence-corrected chi connectivity index (χ1v) is 18.3. The van der Waals surface area contributed by atoms with Gasteiger partial charge in [0.2, 0.25) is 10.9 Å². The molecule has 50 heavy (non-hydrogen) atoms. The highest BCUT2D eigenvalue weighted by molar-refractivity contribution is 7.69. The van der Waals surface area contributed by atoms with Crippen LogP contribution in [0.15, 0.2) is 54.6 Å². The molecule has 9 nitrogen and oxygen atoms in total. The number of hydrazine groups is 2. The Balaban J connectivity index is 1.47. The molecule has 1 atom stereocenters.